The number of ether oxygens (including phenoxy) is 1. The third-order valence-electron chi connectivity index (χ3n) is 5.08. The molecule has 2 aromatic carbocycles. The van der Waals surface area contributed by atoms with E-state index < -0.39 is 11.4 Å². The van der Waals surface area contributed by atoms with E-state index in [4.69, 9.17) is 9.84 Å². The van der Waals surface area contributed by atoms with Crippen molar-refractivity contribution in [3.63, 3.8) is 0 Å². The molecule has 1 fully saturated rings. The molecule has 1 saturated carbocycles. The van der Waals surface area contributed by atoms with Crippen LogP contribution in [0.1, 0.15) is 24.0 Å². The topological polar surface area (TPSA) is 126 Å². The minimum Gasteiger partial charge on any atom is -0.598 e. The van der Waals surface area contributed by atoms with Gasteiger partial charge in [-0.2, -0.15) is 5.26 Å². The molecular weight excluding hydrogens is 438 g/mol. The minimum absolute atomic E-state index is 0.0624. The smallest absolute Gasteiger partial charge is 0.227 e. The first kappa shape index (κ1) is 23.0. The van der Waals surface area contributed by atoms with Crippen LogP contribution in [0.3, 0.4) is 0 Å². The number of rotatable bonds is 11. The van der Waals surface area contributed by atoms with Crippen LogP contribution in [0.5, 0.6) is 5.75 Å². The van der Waals surface area contributed by atoms with Gasteiger partial charge in [-0.3, -0.25) is 0 Å². The Morgan fingerprint density at radius 1 is 1.21 bits per heavy atom. The van der Waals surface area contributed by atoms with Crippen molar-refractivity contribution >= 4 is 23.0 Å². The first-order chi connectivity index (χ1) is 16.1. The Labute approximate surface area is 196 Å². The summed E-state index contributed by atoms with van der Waals surface area (Å²) in [5.41, 5.74) is 3.61. The molecule has 3 N–H and O–H groups in total. The van der Waals surface area contributed by atoms with Gasteiger partial charge < -0.3 is 19.7 Å². The fourth-order valence-electron chi connectivity index (χ4n) is 3.20. The monoisotopic (exact) mass is 463 g/mol. The average Bonchev–Trinajstić information content (AvgIpc) is 3.66. The molecule has 1 unspecified atom stereocenters. The molecule has 0 amide bonds. The van der Waals surface area contributed by atoms with Crippen molar-refractivity contribution in [2.45, 2.75) is 18.6 Å². The van der Waals surface area contributed by atoms with E-state index in [0.29, 0.717) is 41.2 Å². The molecule has 1 aliphatic carbocycles. The molecular formula is C24H25N5O3S. The molecule has 0 saturated heterocycles. The van der Waals surface area contributed by atoms with E-state index in [0.717, 1.165) is 16.8 Å². The summed E-state index contributed by atoms with van der Waals surface area (Å²) in [6.45, 7) is 0.874. The molecule has 170 valence electrons. The van der Waals surface area contributed by atoms with Gasteiger partial charge in [0.15, 0.2) is 5.75 Å². The van der Waals surface area contributed by atoms with Crippen molar-refractivity contribution < 1.29 is 14.4 Å². The highest BCUT2D eigenvalue weighted by molar-refractivity contribution is 7.88. The molecule has 0 aliphatic heterocycles. The third kappa shape index (κ3) is 6.66. The number of nitrogens with zero attached hydrogens (tertiary/aromatic N) is 3. The van der Waals surface area contributed by atoms with Crippen LogP contribution in [0.25, 0.3) is 11.3 Å². The average molecular weight is 464 g/mol. The number of hydrogen-bond donors (Lipinski definition) is 3. The fraction of sp³-hybridized carbons (Fsp3) is 0.292. The Morgan fingerprint density at radius 2 is 2.09 bits per heavy atom. The van der Waals surface area contributed by atoms with Crippen molar-refractivity contribution in [3.05, 3.63) is 65.9 Å². The maximum Gasteiger partial charge on any atom is 0.227 e. The maximum atomic E-state index is 12.0. The summed E-state index contributed by atoms with van der Waals surface area (Å²) in [7, 11) is 0. The summed E-state index contributed by atoms with van der Waals surface area (Å²) in [5.74, 6) is 1.95. The van der Waals surface area contributed by atoms with E-state index in [-0.39, 0.29) is 13.2 Å². The van der Waals surface area contributed by atoms with Crippen LogP contribution >= 0.6 is 0 Å². The van der Waals surface area contributed by atoms with Gasteiger partial charge in [-0.05, 0) is 55.2 Å². The second kappa shape index (κ2) is 11.1. The summed E-state index contributed by atoms with van der Waals surface area (Å²) in [4.78, 5) is 8.88. The predicted octanol–water partition coefficient (Wildman–Crippen LogP) is 3.29. The number of aliphatic hydroxyl groups is 1. The van der Waals surface area contributed by atoms with Gasteiger partial charge in [0.2, 0.25) is 5.95 Å². The number of benzene rings is 2. The highest BCUT2D eigenvalue weighted by Gasteiger charge is 2.22. The highest BCUT2D eigenvalue weighted by Crippen LogP contribution is 2.31. The lowest BCUT2D eigenvalue weighted by Gasteiger charge is -2.12. The molecule has 1 heterocycles. The molecule has 1 atom stereocenters. The zero-order valence-electron chi connectivity index (χ0n) is 18.0. The van der Waals surface area contributed by atoms with Gasteiger partial charge in [-0.15, -0.1) is 4.72 Å². The van der Waals surface area contributed by atoms with Gasteiger partial charge in [0, 0.05) is 34.4 Å². The first-order valence-electron chi connectivity index (χ1n) is 10.7. The van der Waals surface area contributed by atoms with Gasteiger partial charge >= 0.3 is 0 Å². The molecule has 0 bridgehead atoms. The second-order valence-corrected chi connectivity index (χ2v) is 9.04. The number of aliphatic hydroxyl groups excluding tert-OH is 1. The van der Waals surface area contributed by atoms with E-state index in [2.05, 4.69) is 26.1 Å². The fourth-order valence-corrected chi connectivity index (χ4v) is 4.11. The van der Waals surface area contributed by atoms with Gasteiger partial charge in [-0.1, -0.05) is 12.1 Å². The summed E-state index contributed by atoms with van der Waals surface area (Å²) >= 11 is -1.27. The van der Waals surface area contributed by atoms with Gasteiger partial charge in [0.1, 0.15) is 11.8 Å². The van der Waals surface area contributed by atoms with E-state index in [1.54, 1.807) is 18.3 Å². The van der Waals surface area contributed by atoms with Crippen LogP contribution in [-0.2, 0) is 17.1 Å². The molecule has 8 nitrogen and oxygen atoms in total. The van der Waals surface area contributed by atoms with E-state index in [1.165, 1.54) is 12.8 Å². The van der Waals surface area contributed by atoms with Crippen molar-refractivity contribution in [2.75, 3.05) is 25.1 Å². The van der Waals surface area contributed by atoms with Crippen LogP contribution < -0.4 is 14.8 Å². The lowest BCUT2D eigenvalue weighted by Crippen LogP contribution is -2.27. The van der Waals surface area contributed by atoms with E-state index >= 15 is 0 Å². The Morgan fingerprint density at radius 3 is 2.88 bits per heavy atom. The second-order valence-electron chi connectivity index (χ2n) is 7.78. The highest BCUT2D eigenvalue weighted by atomic mass is 32.2. The lowest BCUT2D eigenvalue weighted by molar-refractivity contribution is 0.299. The molecule has 4 rings (SSSR count). The first-order valence-corrected chi connectivity index (χ1v) is 12.1. The summed E-state index contributed by atoms with van der Waals surface area (Å²) in [5, 5.41) is 21.6. The van der Waals surface area contributed by atoms with E-state index in [9.17, 15) is 9.81 Å². The molecule has 1 aromatic heterocycles. The summed E-state index contributed by atoms with van der Waals surface area (Å²) in [6, 6.07) is 17.0. The number of nitrogens with one attached hydrogen (secondary N) is 2. The Kier molecular flexibility index (Phi) is 7.75. The van der Waals surface area contributed by atoms with E-state index in [1.807, 2.05) is 36.4 Å². The molecule has 0 spiro atoms. The zero-order chi connectivity index (χ0) is 23.0. The Hall–Kier alpha value is -3.16. The van der Waals surface area contributed by atoms with Crippen LogP contribution in [0.2, 0.25) is 0 Å². The SMILES string of the molecule is N#Cc1cc(-c2ccnc(Nc3cccc(C[S+]([O-])NCCO)c3)n2)ccc1OCC1CC1. The van der Waals surface area contributed by atoms with Crippen LogP contribution in [0, 0.1) is 17.2 Å². The third-order valence-corrected chi connectivity index (χ3v) is 6.20. The number of nitriles is 1. The minimum atomic E-state index is -1.27. The Balaban J connectivity index is 1.46. The van der Waals surface area contributed by atoms with Crippen molar-refractivity contribution in [3.8, 4) is 23.1 Å². The molecule has 33 heavy (non-hydrogen) atoms. The van der Waals surface area contributed by atoms with Crippen molar-refractivity contribution in [1.29, 1.82) is 5.26 Å². The molecule has 0 radical (unpaired) electrons. The molecule has 9 heteroatoms. The number of aromatic nitrogens is 2. The number of anilines is 2. The molecule has 3 aromatic rings. The summed E-state index contributed by atoms with van der Waals surface area (Å²) in [6.07, 6.45) is 4.04. The predicted molar refractivity (Wildman–Crippen MR) is 127 cm³/mol. The van der Waals surface area contributed by atoms with Crippen molar-refractivity contribution in [1.82, 2.24) is 14.7 Å². The van der Waals surface area contributed by atoms with Crippen molar-refractivity contribution in [2.24, 2.45) is 5.92 Å². The van der Waals surface area contributed by atoms with Crippen LogP contribution in [0.15, 0.2) is 54.7 Å². The standard InChI is InChI=1S/C24H25N5O3S/c25-14-20-13-19(6-7-23(20)32-15-17-4-5-17)22-8-9-26-24(29-22)28-21-3-1-2-18(12-21)16-33(31)27-10-11-30/h1-3,6-9,12-13,17,27,30H,4-5,10-11,15-16H2,(H,26,28,29). The van der Waals surface area contributed by atoms with Crippen LogP contribution in [-0.4, -0.2) is 39.4 Å². The van der Waals surface area contributed by atoms with Gasteiger partial charge in [0.05, 0.1) is 31.0 Å². The van der Waals surface area contributed by atoms with Gasteiger partial charge in [-0.25, -0.2) is 9.97 Å². The van der Waals surface area contributed by atoms with Gasteiger partial charge in [0.25, 0.3) is 0 Å². The lowest BCUT2D eigenvalue weighted by atomic mass is 10.1. The quantitative estimate of drug-likeness (QED) is 0.370. The maximum absolute atomic E-state index is 12.0. The Bertz CT molecular complexity index is 1130. The largest absolute Gasteiger partial charge is 0.598 e. The van der Waals surface area contributed by atoms with Crippen LogP contribution in [0.4, 0.5) is 11.6 Å². The summed E-state index contributed by atoms with van der Waals surface area (Å²) < 4.78 is 20.6. The molecule has 1 aliphatic rings. The zero-order valence-corrected chi connectivity index (χ0v) is 18.8. The normalized spacial score (nSPS) is 13.8. The number of hydrogen-bond acceptors (Lipinski definition) is 8.